The van der Waals surface area contributed by atoms with Gasteiger partial charge in [0, 0.05) is 25.1 Å². The number of nitrogens with zero attached hydrogens (tertiary/aromatic N) is 4. The molecule has 0 radical (unpaired) electrons. The van der Waals surface area contributed by atoms with Crippen molar-refractivity contribution in [2.24, 2.45) is 0 Å². The van der Waals surface area contributed by atoms with Gasteiger partial charge in [-0.3, -0.25) is 14.9 Å². The van der Waals surface area contributed by atoms with Crippen LogP contribution >= 0.6 is 23.1 Å². The Morgan fingerprint density at radius 2 is 2.00 bits per heavy atom. The van der Waals surface area contributed by atoms with Crippen molar-refractivity contribution in [1.29, 1.82) is 0 Å². The lowest BCUT2D eigenvalue weighted by molar-refractivity contribution is -0.128. The summed E-state index contributed by atoms with van der Waals surface area (Å²) in [5.74, 6) is 1.29. The van der Waals surface area contributed by atoms with Crippen LogP contribution in [-0.2, 0) is 4.79 Å². The first-order valence-electron chi connectivity index (χ1n) is 9.21. The fourth-order valence-electron chi connectivity index (χ4n) is 2.97. The molecule has 1 saturated carbocycles. The van der Waals surface area contributed by atoms with E-state index in [1.165, 1.54) is 35.9 Å². The van der Waals surface area contributed by atoms with Crippen LogP contribution in [0.5, 0.6) is 0 Å². The van der Waals surface area contributed by atoms with Crippen LogP contribution in [0.25, 0.3) is 0 Å². The summed E-state index contributed by atoms with van der Waals surface area (Å²) < 4.78 is 5.85. The third kappa shape index (κ3) is 4.86. The number of hydrogen-bond acceptors (Lipinski definition) is 8. The van der Waals surface area contributed by atoms with Gasteiger partial charge in [0.05, 0.1) is 5.75 Å². The van der Waals surface area contributed by atoms with E-state index in [0.717, 1.165) is 44.5 Å². The minimum absolute atomic E-state index is 0.137. The van der Waals surface area contributed by atoms with Crippen LogP contribution in [0.1, 0.15) is 60.7 Å². The molecule has 2 aromatic rings. The van der Waals surface area contributed by atoms with Crippen molar-refractivity contribution in [1.82, 2.24) is 20.3 Å². The molecule has 2 fully saturated rings. The molecule has 1 N–H and O–H groups in total. The highest BCUT2D eigenvalue weighted by Gasteiger charge is 2.29. The van der Waals surface area contributed by atoms with Gasteiger partial charge >= 0.3 is 0 Å². The second-order valence-electron chi connectivity index (χ2n) is 6.80. The van der Waals surface area contributed by atoms with Gasteiger partial charge in [0.1, 0.15) is 5.76 Å². The van der Waals surface area contributed by atoms with Gasteiger partial charge in [0.25, 0.3) is 5.91 Å². The zero-order chi connectivity index (χ0) is 18.6. The molecule has 27 heavy (non-hydrogen) atoms. The monoisotopic (exact) mass is 407 g/mol. The average Bonchev–Trinajstić information content (AvgIpc) is 3.33. The van der Waals surface area contributed by atoms with E-state index in [4.69, 9.17) is 4.52 Å². The summed E-state index contributed by atoms with van der Waals surface area (Å²) in [5, 5.41) is 14.9. The summed E-state index contributed by atoms with van der Waals surface area (Å²) in [6.07, 6.45) is 6.73. The number of rotatable bonds is 6. The van der Waals surface area contributed by atoms with Crippen molar-refractivity contribution in [2.45, 2.75) is 48.8 Å². The van der Waals surface area contributed by atoms with Crippen molar-refractivity contribution in [2.75, 3.05) is 24.2 Å². The molecule has 0 aromatic carbocycles. The molecule has 1 saturated heterocycles. The maximum atomic E-state index is 12.3. The van der Waals surface area contributed by atoms with Gasteiger partial charge in [0.2, 0.25) is 11.0 Å². The first kappa shape index (κ1) is 18.4. The fourth-order valence-corrected chi connectivity index (χ4v) is 4.62. The van der Waals surface area contributed by atoms with Gasteiger partial charge in [-0.25, -0.2) is 0 Å². The van der Waals surface area contributed by atoms with E-state index in [1.807, 2.05) is 4.90 Å². The Hall–Kier alpha value is -1.94. The number of carbonyl (C=O) groups excluding carboxylic acids is 2. The number of hydrogen-bond donors (Lipinski definition) is 1. The van der Waals surface area contributed by atoms with E-state index in [0.29, 0.717) is 21.1 Å². The zero-order valence-corrected chi connectivity index (χ0v) is 16.5. The molecule has 2 aliphatic rings. The molecule has 144 valence electrons. The average molecular weight is 408 g/mol. The second kappa shape index (κ2) is 8.39. The van der Waals surface area contributed by atoms with E-state index in [-0.39, 0.29) is 17.5 Å². The van der Waals surface area contributed by atoms with Crippen LogP contribution in [0.3, 0.4) is 0 Å². The lowest BCUT2D eigenvalue weighted by Gasteiger charge is -2.19. The predicted octanol–water partition coefficient (Wildman–Crippen LogP) is 3.15. The third-order valence-electron chi connectivity index (χ3n) is 4.65. The van der Waals surface area contributed by atoms with Gasteiger partial charge in [-0.05, 0) is 25.7 Å². The van der Waals surface area contributed by atoms with Crippen LogP contribution in [0.2, 0.25) is 0 Å². The number of likely N-dealkylation sites (tertiary alicyclic amines) is 1. The van der Waals surface area contributed by atoms with Crippen molar-refractivity contribution < 1.29 is 14.1 Å². The molecular formula is C17H21N5O3S2. The smallest absolute Gasteiger partial charge is 0.279 e. The minimum atomic E-state index is -0.362. The van der Waals surface area contributed by atoms with Crippen LogP contribution in [0.4, 0.5) is 5.13 Å². The van der Waals surface area contributed by atoms with Crippen molar-refractivity contribution >= 4 is 40.0 Å². The lowest BCUT2D eigenvalue weighted by atomic mass is 10.2. The summed E-state index contributed by atoms with van der Waals surface area (Å²) >= 11 is 2.61. The molecule has 1 aliphatic carbocycles. The zero-order valence-electron chi connectivity index (χ0n) is 14.8. The molecule has 0 unspecified atom stereocenters. The highest BCUT2D eigenvalue weighted by molar-refractivity contribution is 8.01. The van der Waals surface area contributed by atoms with Crippen molar-refractivity contribution in [3.63, 3.8) is 0 Å². The van der Waals surface area contributed by atoms with Gasteiger partial charge < -0.3 is 9.42 Å². The number of anilines is 1. The highest BCUT2D eigenvalue weighted by Crippen LogP contribution is 2.40. The van der Waals surface area contributed by atoms with Crippen molar-refractivity contribution in [3.8, 4) is 0 Å². The molecular weight excluding hydrogens is 386 g/mol. The maximum Gasteiger partial charge on any atom is 0.279 e. The topological polar surface area (TPSA) is 101 Å². The Morgan fingerprint density at radius 3 is 2.74 bits per heavy atom. The van der Waals surface area contributed by atoms with Crippen LogP contribution in [-0.4, -0.2) is 50.9 Å². The molecule has 3 heterocycles. The summed E-state index contributed by atoms with van der Waals surface area (Å²) in [6.45, 7) is 1.69. The number of carbonyl (C=O) groups is 2. The lowest BCUT2D eigenvalue weighted by Crippen LogP contribution is -2.33. The number of thioether (sulfide) groups is 1. The molecule has 0 spiro atoms. The number of aromatic nitrogens is 3. The number of amides is 2. The highest BCUT2D eigenvalue weighted by atomic mass is 32.2. The Labute approximate surface area is 165 Å². The molecule has 10 heteroatoms. The Bertz CT molecular complexity index is 809. The van der Waals surface area contributed by atoms with Crippen LogP contribution in [0, 0.1) is 0 Å². The standard InChI is InChI=1S/C17H21N5O3S2/c23-14(22-7-3-1-2-4-8-22)10-26-17-20-19-16(27-17)18-15(24)12-9-13(25-21-12)11-5-6-11/h9,11H,1-8,10H2,(H,18,19,24). The SMILES string of the molecule is O=C(Nc1nnc(SCC(=O)N2CCCCCC2)s1)c1cc(C2CC2)on1. The van der Waals surface area contributed by atoms with E-state index >= 15 is 0 Å². The van der Waals surface area contributed by atoms with Gasteiger partial charge in [-0.1, -0.05) is 41.1 Å². The van der Waals surface area contributed by atoms with E-state index < -0.39 is 0 Å². The molecule has 2 aromatic heterocycles. The molecule has 8 nitrogen and oxygen atoms in total. The Morgan fingerprint density at radius 1 is 1.22 bits per heavy atom. The largest absolute Gasteiger partial charge is 0.360 e. The molecule has 2 amide bonds. The third-order valence-corrected chi connectivity index (χ3v) is 6.60. The van der Waals surface area contributed by atoms with E-state index in [2.05, 4.69) is 20.7 Å². The first-order chi connectivity index (χ1) is 13.2. The van der Waals surface area contributed by atoms with Gasteiger partial charge in [-0.2, -0.15) is 0 Å². The predicted molar refractivity (Wildman–Crippen MR) is 102 cm³/mol. The van der Waals surface area contributed by atoms with Crippen molar-refractivity contribution in [3.05, 3.63) is 17.5 Å². The fraction of sp³-hybridized carbons (Fsp3) is 0.588. The molecule has 0 bridgehead atoms. The normalized spacial score (nSPS) is 17.6. The van der Waals surface area contributed by atoms with Crippen LogP contribution < -0.4 is 5.32 Å². The Balaban J connectivity index is 1.27. The summed E-state index contributed by atoms with van der Waals surface area (Å²) in [4.78, 5) is 26.5. The quantitative estimate of drug-likeness (QED) is 0.580. The second-order valence-corrected chi connectivity index (χ2v) is 9.00. The number of nitrogens with one attached hydrogen (secondary N) is 1. The van der Waals surface area contributed by atoms with E-state index in [9.17, 15) is 9.59 Å². The Kier molecular flexibility index (Phi) is 5.72. The molecule has 0 atom stereocenters. The van der Waals surface area contributed by atoms with Gasteiger partial charge in [-0.15, -0.1) is 10.2 Å². The maximum absolute atomic E-state index is 12.3. The first-order valence-corrected chi connectivity index (χ1v) is 11.0. The summed E-state index contributed by atoms with van der Waals surface area (Å²) in [5.41, 5.74) is 0.248. The minimum Gasteiger partial charge on any atom is -0.360 e. The van der Waals surface area contributed by atoms with Crippen LogP contribution in [0.15, 0.2) is 14.9 Å². The van der Waals surface area contributed by atoms with E-state index in [1.54, 1.807) is 6.07 Å². The van der Waals surface area contributed by atoms with Gasteiger partial charge in [0.15, 0.2) is 10.0 Å². The summed E-state index contributed by atoms with van der Waals surface area (Å²) in [7, 11) is 0. The molecule has 4 rings (SSSR count). The molecule has 1 aliphatic heterocycles. The summed E-state index contributed by atoms with van der Waals surface area (Å²) in [6, 6.07) is 1.68.